The fraction of sp³-hybridized carbons (Fsp3) is 0.448. The van der Waals surface area contributed by atoms with Gasteiger partial charge in [-0.3, -0.25) is 15.8 Å². The average molecular weight is 528 g/mol. The Labute approximate surface area is 227 Å². The van der Waals surface area contributed by atoms with Crippen LogP contribution in [0.5, 0.6) is 0 Å². The van der Waals surface area contributed by atoms with Crippen LogP contribution in [-0.4, -0.2) is 23.1 Å². The van der Waals surface area contributed by atoms with Crippen LogP contribution in [0.4, 0.5) is 4.39 Å². The van der Waals surface area contributed by atoms with Crippen LogP contribution >= 0.6 is 0 Å². The van der Waals surface area contributed by atoms with E-state index in [0.717, 1.165) is 17.7 Å². The molecule has 0 aliphatic carbocycles. The summed E-state index contributed by atoms with van der Waals surface area (Å²) in [5.74, 6) is 5.41. The summed E-state index contributed by atoms with van der Waals surface area (Å²) in [4.78, 5) is 8.58. The Morgan fingerprint density at radius 3 is 2.32 bits per heavy atom. The van der Waals surface area contributed by atoms with E-state index in [9.17, 15) is 4.39 Å². The minimum atomic E-state index is -0.486. The number of aromatic nitrogens is 2. The van der Waals surface area contributed by atoms with Crippen molar-refractivity contribution in [1.29, 1.82) is 0 Å². The first-order valence-electron chi connectivity index (χ1n) is 13.2. The Morgan fingerprint density at radius 2 is 1.76 bits per heavy atom. The predicted octanol–water partition coefficient (Wildman–Crippen LogP) is 5.11. The third-order valence-electron chi connectivity index (χ3n) is 5.46. The van der Waals surface area contributed by atoms with Gasteiger partial charge in [-0.1, -0.05) is 47.6 Å². The molecule has 38 heavy (non-hydrogen) atoms. The number of nitrogens with two attached hydrogens (primary N) is 3. The molecule has 210 valence electrons. The van der Waals surface area contributed by atoms with E-state index in [1.165, 1.54) is 32.0 Å². The first-order valence-corrected chi connectivity index (χ1v) is 13.2. The number of hydrogen-bond acceptors (Lipinski definition) is 8. The molecule has 0 saturated heterocycles. The Hall–Kier alpha value is -3.43. The normalized spacial score (nSPS) is 11.9. The third-order valence-corrected chi connectivity index (χ3v) is 5.46. The number of hydrazine groups is 1. The highest BCUT2D eigenvalue weighted by Crippen LogP contribution is 2.24. The summed E-state index contributed by atoms with van der Waals surface area (Å²) < 4.78 is 20.5. The highest BCUT2D eigenvalue weighted by atomic mass is 19.1. The van der Waals surface area contributed by atoms with Gasteiger partial charge in [0, 0.05) is 35.4 Å². The lowest BCUT2D eigenvalue weighted by Gasteiger charge is -2.14. The Bertz CT molecular complexity index is 1060. The second-order valence-electron chi connectivity index (χ2n) is 9.19. The summed E-state index contributed by atoms with van der Waals surface area (Å²) in [7, 11) is 0. The first-order chi connectivity index (χ1) is 18.2. The van der Waals surface area contributed by atoms with Crippen LogP contribution in [0.1, 0.15) is 77.6 Å². The maximum atomic E-state index is 14.8. The molecule has 0 saturated carbocycles. The van der Waals surface area contributed by atoms with Gasteiger partial charge < -0.3 is 26.9 Å². The van der Waals surface area contributed by atoms with E-state index in [1.54, 1.807) is 18.5 Å². The molecule has 0 fully saturated rings. The minimum Gasteiger partial charge on any atom is -0.485 e. The van der Waals surface area contributed by atoms with Crippen LogP contribution in [0.3, 0.4) is 0 Å². The molecular formula is C29H46FN7O. The van der Waals surface area contributed by atoms with Crippen LogP contribution in [-0.2, 0) is 11.3 Å². The van der Waals surface area contributed by atoms with Crippen LogP contribution < -0.4 is 28.1 Å². The second-order valence-corrected chi connectivity index (χ2v) is 9.19. The number of hydrogen-bond donors (Lipinski definition) is 5. The van der Waals surface area contributed by atoms with Crippen molar-refractivity contribution in [2.24, 2.45) is 17.3 Å². The molecule has 2 heterocycles. The molecule has 0 radical (unpaired) electrons. The van der Waals surface area contributed by atoms with E-state index in [0.29, 0.717) is 17.7 Å². The molecule has 0 aliphatic heterocycles. The third kappa shape index (κ3) is 11.3. The molecule has 0 aliphatic rings. The zero-order valence-electron chi connectivity index (χ0n) is 23.6. The number of pyridine rings is 2. The fourth-order valence-electron chi connectivity index (χ4n) is 3.25. The molecule has 8 N–H and O–H groups in total. The van der Waals surface area contributed by atoms with Crippen molar-refractivity contribution in [2.75, 3.05) is 13.1 Å². The van der Waals surface area contributed by atoms with Gasteiger partial charge in [0.15, 0.2) is 0 Å². The average Bonchev–Trinajstić information content (AvgIpc) is 2.91. The second kappa shape index (κ2) is 17.9. The molecule has 2 rings (SSSR count). The van der Waals surface area contributed by atoms with Gasteiger partial charge >= 0.3 is 0 Å². The largest absolute Gasteiger partial charge is 0.485 e. The van der Waals surface area contributed by atoms with Crippen molar-refractivity contribution >= 4 is 0 Å². The van der Waals surface area contributed by atoms with Crippen molar-refractivity contribution in [3.63, 3.8) is 0 Å². The van der Waals surface area contributed by atoms with Crippen LogP contribution in [0.15, 0.2) is 66.1 Å². The Kier molecular flexibility index (Phi) is 15.4. The van der Waals surface area contributed by atoms with Crippen molar-refractivity contribution in [2.45, 2.75) is 72.8 Å². The summed E-state index contributed by atoms with van der Waals surface area (Å²) in [6, 6.07) is 5.19. The fourth-order valence-corrected chi connectivity index (χ4v) is 3.25. The molecule has 2 aromatic rings. The molecule has 0 atom stereocenters. The van der Waals surface area contributed by atoms with Crippen LogP contribution in [0.2, 0.25) is 0 Å². The van der Waals surface area contributed by atoms with Gasteiger partial charge in [-0.25, -0.2) is 4.39 Å². The number of ether oxygens (including phenoxy) is 1. The SMILES string of the molecule is C=C(NN)/C(N)=C(\C=C(\N)CCC)OCc1ncc(-c2ccnc(C(C)C)c2)cc1F.CCCNCCC. The molecule has 8 nitrogen and oxygen atoms in total. The van der Waals surface area contributed by atoms with Crippen molar-refractivity contribution in [1.82, 2.24) is 20.7 Å². The lowest BCUT2D eigenvalue weighted by molar-refractivity contribution is 0.199. The molecule has 0 spiro atoms. The Balaban J connectivity index is 0.000000905. The van der Waals surface area contributed by atoms with E-state index < -0.39 is 5.82 Å². The van der Waals surface area contributed by atoms with Gasteiger partial charge in [0.2, 0.25) is 0 Å². The number of rotatable bonds is 14. The van der Waals surface area contributed by atoms with Gasteiger partial charge in [0.05, 0.1) is 11.4 Å². The van der Waals surface area contributed by atoms with E-state index >= 15 is 0 Å². The lowest BCUT2D eigenvalue weighted by atomic mass is 10.0. The van der Waals surface area contributed by atoms with Gasteiger partial charge in [-0.2, -0.15) is 0 Å². The van der Waals surface area contributed by atoms with Crippen LogP contribution in [0.25, 0.3) is 11.1 Å². The maximum Gasteiger partial charge on any atom is 0.148 e. The highest BCUT2D eigenvalue weighted by Gasteiger charge is 2.12. The predicted molar refractivity (Wildman–Crippen MR) is 155 cm³/mol. The number of allylic oxidation sites excluding steroid dienone is 2. The van der Waals surface area contributed by atoms with Crippen molar-refractivity contribution in [3.05, 3.63) is 83.3 Å². The molecule has 0 bridgehead atoms. The lowest BCUT2D eigenvalue weighted by Crippen LogP contribution is -2.25. The zero-order valence-corrected chi connectivity index (χ0v) is 23.6. The molecule has 2 aromatic heterocycles. The molecular weight excluding hydrogens is 481 g/mol. The summed E-state index contributed by atoms with van der Waals surface area (Å²) in [6.07, 6.45) is 8.93. The van der Waals surface area contributed by atoms with E-state index in [1.807, 2.05) is 19.1 Å². The minimum absolute atomic E-state index is 0.135. The first kappa shape index (κ1) is 32.6. The standard InChI is InChI=1S/C23H31FN6O.C6H15N/c1-5-6-18(25)11-22(23(26)15(4)30-27)31-13-21-19(24)9-17(12-29-21)16-7-8-28-20(10-16)14(2)3;1-3-5-7-6-4-2/h7-12,14,30H,4-6,13,25-27H2,1-3H3;7H,3-6H2,1-2H3/b18-11+,23-22-;. The number of halogens is 1. The van der Waals surface area contributed by atoms with Crippen molar-refractivity contribution in [3.8, 4) is 11.1 Å². The van der Waals surface area contributed by atoms with E-state index in [2.05, 4.69) is 55.0 Å². The van der Waals surface area contributed by atoms with Gasteiger partial charge in [-0.05, 0) is 62.0 Å². The molecule has 9 heteroatoms. The summed E-state index contributed by atoms with van der Waals surface area (Å²) in [5, 5.41) is 3.28. The molecule has 0 amide bonds. The highest BCUT2D eigenvalue weighted by molar-refractivity contribution is 5.62. The summed E-state index contributed by atoms with van der Waals surface area (Å²) >= 11 is 0. The summed E-state index contributed by atoms with van der Waals surface area (Å²) in [5.41, 5.74) is 18.0. The maximum absolute atomic E-state index is 14.8. The Morgan fingerprint density at radius 1 is 1.08 bits per heavy atom. The quantitative estimate of drug-likeness (QED) is 0.0751. The smallest absolute Gasteiger partial charge is 0.148 e. The topological polar surface area (TPSA) is 137 Å². The van der Waals surface area contributed by atoms with E-state index in [4.69, 9.17) is 22.0 Å². The van der Waals surface area contributed by atoms with Gasteiger partial charge in [-0.15, -0.1) is 0 Å². The summed E-state index contributed by atoms with van der Waals surface area (Å²) in [6.45, 7) is 16.4. The zero-order chi connectivity index (χ0) is 28.5. The monoisotopic (exact) mass is 527 g/mol. The van der Waals surface area contributed by atoms with Crippen LogP contribution in [0, 0.1) is 5.82 Å². The van der Waals surface area contributed by atoms with E-state index in [-0.39, 0.29) is 35.4 Å². The van der Waals surface area contributed by atoms with Crippen molar-refractivity contribution < 1.29 is 9.13 Å². The van der Waals surface area contributed by atoms with Gasteiger partial charge in [0.1, 0.15) is 23.9 Å². The van der Waals surface area contributed by atoms with Gasteiger partial charge in [0.25, 0.3) is 0 Å². The molecule has 0 aromatic carbocycles. The molecule has 0 unspecified atom stereocenters. The number of nitrogens with zero attached hydrogens (tertiary/aromatic N) is 2. The number of nitrogens with one attached hydrogen (secondary N) is 2.